The molecule has 1 aliphatic carbocycles. The van der Waals surface area contributed by atoms with Crippen LogP contribution in [-0.4, -0.2) is 53.1 Å². The Morgan fingerprint density at radius 3 is 2.68 bits per heavy atom. The lowest BCUT2D eigenvalue weighted by Crippen LogP contribution is -2.47. The third-order valence-corrected chi connectivity index (χ3v) is 6.34. The molecule has 1 saturated carbocycles. The Kier molecular flexibility index (Phi) is 4.30. The molecule has 5 rings (SSSR count). The van der Waals surface area contributed by atoms with Crippen LogP contribution in [0.2, 0.25) is 0 Å². The van der Waals surface area contributed by atoms with E-state index in [-0.39, 0.29) is 0 Å². The molecule has 1 N–H and O–H groups in total. The Labute approximate surface area is 164 Å². The number of aromatic nitrogens is 6. The van der Waals surface area contributed by atoms with Crippen molar-refractivity contribution in [2.45, 2.75) is 56.6 Å². The number of fused-ring (bicyclic) bond motifs is 1. The molecule has 148 valence electrons. The molecule has 8 nitrogen and oxygen atoms in total. The van der Waals surface area contributed by atoms with Crippen molar-refractivity contribution < 1.29 is 5.11 Å². The van der Waals surface area contributed by atoms with Gasteiger partial charge in [-0.2, -0.15) is 5.10 Å². The summed E-state index contributed by atoms with van der Waals surface area (Å²) >= 11 is 0. The molecule has 1 saturated heterocycles. The lowest BCUT2D eigenvalue weighted by Gasteiger charge is -2.39. The first-order chi connectivity index (χ1) is 13.6. The zero-order chi connectivity index (χ0) is 19.1. The minimum atomic E-state index is -0.702. The van der Waals surface area contributed by atoms with Gasteiger partial charge in [0.05, 0.1) is 30.1 Å². The van der Waals surface area contributed by atoms with Crippen LogP contribution in [0, 0.1) is 0 Å². The van der Waals surface area contributed by atoms with Crippen LogP contribution in [0.25, 0.3) is 11.0 Å². The van der Waals surface area contributed by atoms with Crippen LogP contribution in [0.3, 0.4) is 0 Å². The van der Waals surface area contributed by atoms with Crippen molar-refractivity contribution >= 4 is 16.9 Å². The molecule has 28 heavy (non-hydrogen) atoms. The van der Waals surface area contributed by atoms with Crippen LogP contribution < -0.4 is 4.90 Å². The number of hydrogen-bond acceptors (Lipinski definition) is 6. The summed E-state index contributed by atoms with van der Waals surface area (Å²) in [5, 5.41) is 16.5. The Bertz CT molecular complexity index is 951. The van der Waals surface area contributed by atoms with Crippen LogP contribution in [0.5, 0.6) is 0 Å². The van der Waals surface area contributed by atoms with E-state index in [9.17, 15) is 5.11 Å². The Morgan fingerprint density at radius 2 is 1.96 bits per heavy atom. The number of imidazole rings is 1. The summed E-state index contributed by atoms with van der Waals surface area (Å²) in [7, 11) is 1.94. The van der Waals surface area contributed by atoms with Crippen molar-refractivity contribution in [2.24, 2.45) is 7.05 Å². The van der Waals surface area contributed by atoms with Crippen LogP contribution in [0.4, 0.5) is 5.82 Å². The van der Waals surface area contributed by atoms with Crippen molar-refractivity contribution in [1.82, 2.24) is 29.3 Å². The number of aliphatic hydroxyl groups is 1. The second kappa shape index (κ2) is 6.84. The third kappa shape index (κ3) is 3.15. The largest absolute Gasteiger partial charge is 0.388 e. The van der Waals surface area contributed by atoms with Gasteiger partial charge < -0.3 is 14.6 Å². The van der Waals surface area contributed by atoms with E-state index in [0.29, 0.717) is 25.3 Å². The zero-order valence-corrected chi connectivity index (χ0v) is 16.3. The van der Waals surface area contributed by atoms with Gasteiger partial charge in [-0.05, 0) is 25.7 Å². The summed E-state index contributed by atoms with van der Waals surface area (Å²) in [5.41, 5.74) is 0.207. The topological polar surface area (TPSA) is 84.9 Å². The highest BCUT2D eigenvalue weighted by Crippen LogP contribution is 2.36. The van der Waals surface area contributed by atoms with E-state index in [0.717, 1.165) is 35.8 Å². The molecular weight excluding hydrogens is 354 g/mol. The molecule has 4 heterocycles. The maximum absolute atomic E-state index is 11.0. The Morgan fingerprint density at radius 1 is 1.18 bits per heavy atom. The first-order valence-corrected chi connectivity index (χ1v) is 10.2. The van der Waals surface area contributed by atoms with Gasteiger partial charge in [-0.25, -0.2) is 15.0 Å². The molecule has 8 heteroatoms. The SMILES string of the molecule is Cn1ncc2c(N3CCC(O)(Cn4ccnc4)CC3)nc(C3CCCC3)nc21. The number of aryl methyl sites for hydroxylation is 1. The van der Waals surface area contributed by atoms with Crippen LogP contribution in [0.15, 0.2) is 24.9 Å². The molecule has 0 amide bonds. The second-order valence-corrected chi connectivity index (χ2v) is 8.34. The number of nitrogens with zero attached hydrogens (tertiary/aromatic N) is 7. The molecule has 2 aliphatic rings. The van der Waals surface area contributed by atoms with Gasteiger partial charge in [0.25, 0.3) is 0 Å². The van der Waals surface area contributed by atoms with Crippen molar-refractivity contribution in [1.29, 1.82) is 0 Å². The average Bonchev–Trinajstić information content (AvgIpc) is 3.45. The minimum absolute atomic E-state index is 0.459. The normalized spacial score (nSPS) is 20.3. The van der Waals surface area contributed by atoms with E-state index in [4.69, 9.17) is 9.97 Å². The van der Waals surface area contributed by atoms with Crippen LogP contribution in [0.1, 0.15) is 50.3 Å². The van der Waals surface area contributed by atoms with E-state index in [2.05, 4.69) is 15.0 Å². The lowest BCUT2D eigenvalue weighted by molar-refractivity contribution is -0.000147. The predicted octanol–water partition coefficient (Wildman–Crippen LogP) is 2.25. The standard InChI is InChI=1S/C20H27N7O/c1-25-18-16(12-22-25)19(24-17(23-18)15-4-2-3-5-15)27-9-6-20(28,7-10-27)13-26-11-8-21-14-26/h8,11-12,14-15,28H,2-7,9-10,13H2,1H3. The molecule has 3 aromatic heterocycles. The van der Waals surface area contributed by atoms with E-state index < -0.39 is 5.60 Å². The highest BCUT2D eigenvalue weighted by Gasteiger charge is 2.34. The summed E-state index contributed by atoms with van der Waals surface area (Å²) in [6.07, 6.45) is 13.6. The number of piperidine rings is 1. The lowest BCUT2D eigenvalue weighted by atomic mass is 9.91. The van der Waals surface area contributed by atoms with Gasteiger partial charge in [0.2, 0.25) is 0 Å². The first-order valence-electron chi connectivity index (χ1n) is 10.2. The molecule has 0 aromatic carbocycles. The van der Waals surface area contributed by atoms with Crippen LogP contribution >= 0.6 is 0 Å². The minimum Gasteiger partial charge on any atom is -0.388 e. The van der Waals surface area contributed by atoms with Gasteiger partial charge in [-0.3, -0.25) is 4.68 Å². The maximum Gasteiger partial charge on any atom is 0.163 e. The van der Waals surface area contributed by atoms with Gasteiger partial charge in [0.1, 0.15) is 11.6 Å². The Hall–Kier alpha value is -2.48. The molecule has 0 radical (unpaired) electrons. The van der Waals surface area contributed by atoms with Gasteiger partial charge in [0.15, 0.2) is 5.65 Å². The Balaban J connectivity index is 1.41. The van der Waals surface area contributed by atoms with Crippen molar-refractivity contribution in [3.05, 3.63) is 30.7 Å². The second-order valence-electron chi connectivity index (χ2n) is 8.34. The zero-order valence-electron chi connectivity index (χ0n) is 16.3. The molecule has 0 atom stereocenters. The number of rotatable bonds is 4. The average molecular weight is 381 g/mol. The van der Waals surface area contributed by atoms with Crippen molar-refractivity contribution in [2.75, 3.05) is 18.0 Å². The van der Waals surface area contributed by atoms with E-state index in [1.54, 1.807) is 12.5 Å². The molecule has 1 aliphatic heterocycles. The van der Waals surface area contributed by atoms with E-state index in [1.165, 1.54) is 25.7 Å². The van der Waals surface area contributed by atoms with Crippen molar-refractivity contribution in [3.63, 3.8) is 0 Å². The fourth-order valence-electron chi connectivity index (χ4n) is 4.64. The molecule has 0 unspecified atom stereocenters. The highest BCUT2D eigenvalue weighted by atomic mass is 16.3. The fourth-order valence-corrected chi connectivity index (χ4v) is 4.64. The van der Waals surface area contributed by atoms with E-state index in [1.807, 2.05) is 28.7 Å². The summed E-state index contributed by atoms with van der Waals surface area (Å²) < 4.78 is 3.80. The number of hydrogen-bond donors (Lipinski definition) is 1. The van der Waals surface area contributed by atoms with Gasteiger partial charge in [-0.15, -0.1) is 0 Å². The first kappa shape index (κ1) is 17.6. The predicted molar refractivity (Wildman–Crippen MR) is 106 cm³/mol. The summed E-state index contributed by atoms with van der Waals surface area (Å²) in [5.74, 6) is 2.40. The number of anilines is 1. The van der Waals surface area contributed by atoms with Gasteiger partial charge in [-0.1, -0.05) is 12.8 Å². The summed E-state index contributed by atoms with van der Waals surface area (Å²) in [4.78, 5) is 16.2. The molecule has 0 spiro atoms. The smallest absolute Gasteiger partial charge is 0.163 e. The molecular formula is C20H27N7O. The highest BCUT2D eigenvalue weighted by molar-refractivity contribution is 5.87. The monoisotopic (exact) mass is 381 g/mol. The van der Waals surface area contributed by atoms with E-state index >= 15 is 0 Å². The van der Waals surface area contributed by atoms with Crippen molar-refractivity contribution in [3.8, 4) is 0 Å². The summed E-state index contributed by atoms with van der Waals surface area (Å²) in [6, 6.07) is 0. The third-order valence-electron chi connectivity index (χ3n) is 6.34. The molecule has 2 fully saturated rings. The van der Waals surface area contributed by atoms with Gasteiger partial charge >= 0.3 is 0 Å². The maximum atomic E-state index is 11.0. The van der Waals surface area contributed by atoms with Gasteiger partial charge in [0, 0.05) is 38.4 Å². The fraction of sp³-hybridized carbons (Fsp3) is 0.600. The quantitative estimate of drug-likeness (QED) is 0.746. The molecule has 3 aromatic rings. The molecule has 0 bridgehead atoms. The van der Waals surface area contributed by atoms with Crippen LogP contribution in [-0.2, 0) is 13.6 Å². The summed E-state index contributed by atoms with van der Waals surface area (Å²) in [6.45, 7) is 2.13.